The van der Waals surface area contributed by atoms with Crippen molar-refractivity contribution in [3.05, 3.63) is 108 Å². The predicted octanol–water partition coefficient (Wildman–Crippen LogP) is 6.11. The van der Waals surface area contributed by atoms with Gasteiger partial charge in [-0.25, -0.2) is 0 Å². The van der Waals surface area contributed by atoms with E-state index in [1.807, 2.05) is 25.6 Å². The molecule has 0 aliphatic carbocycles. The summed E-state index contributed by atoms with van der Waals surface area (Å²) in [5, 5.41) is 0. The minimum Gasteiger partial charge on any atom is -0.352 e. The Labute approximate surface area is 172 Å². The fourth-order valence-corrected chi connectivity index (χ4v) is 4.96. The molecular weight excluding hydrogens is 364 g/mol. The highest BCUT2D eigenvalue weighted by molar-refractivity contribution is 8.00. The highest BCUT2D eigenvalue weighted by Crippen LogP contribution is 2.48. The predicted molar refractivity (Wildman–Crippen MR) is 119 cm³/mol. The molecule has 146 valence electrons. The van der Waals surface area contributed by atoms with Crippen molar-refractivity contribution in [2.75, 3.05) is 19.0 Å². The van der Waals surface area contributed by atoms with E-state index < -0.39 is 0 Å². The Balaban J connectivity index is 2.11. The number of hydrogen-bond acceptors (Lipinski definition) is 3. The molecule has 0 saturated heterocycles. The fourth-order valence-electron chi connectivity index (χ4n) is 3.48. The zero-order valence-corrected chi connectivity index (χ0v) is 17.4. The van der Waals surface area contributed by atoms with Gasteiger partial charge in [0.1, 0.15) is 0 Å². The maximum absolute atomic E-state index is 5.84. The maximum atomic E-state index is 5.84. The first-order valence-electron chi connectivity index (χ1n) is 9.85. The van der Waals surface area contributed by atoms with E-state index in [2.05, 4.69) is 91.0 Å². The highest BCUT2D eigenvalue weighted by atomic mass is 32.2. The number of benzene rings is 3. The molecule has 0 N–H and O–H groups in total. The van der Waals surface area contributed by atoms with Crippen LogP contribution in [0.4, 0.5) is 0 Å². The van der Waals surface area contributed by atoms with Gasteiger partial charge < -0.3 is 9.47 Å². The molecule has 0 aliphatic heterocycles. The van der Waals surface area contributed by atoms with E-state index in [1.54, 1.807) is 0 Å². The molecule has 0 amide bonds. The van der Waals surface area contributed by atoms with Gasteiger partial charge in [-0.3, -0.25) is 0 Å². The second kappa shape index (κ2) is 10.5. The van der Waals surface area contributed by atoms with E-state index in [4.69, 9.17) is 9.47 Å². The van der Waals surface area contributed by atoms with E-state index in [0.29, 0.717) is 13.2 Å². The Hall–Kier alpha value is -2.07. The van der Waals surface area contributed by atoms with Crippen molar-refractivity contribution in [1.82, 2.24) is 0 Å². The molecule has 0 unspecified atom stereocenters. The van der Waals surface area contributed by atoms with Crippen molar-refractivity contribution >= 4 is 11.8 Å². The van der Waals surface area contributed by atoms with Gasteiger partial charge in [0, 0.05) is 19.0 Å². The molecule has 3 heteroatoms. The summed E-state index contributed by atoms with van der Waals surface area (Å²) >= 11 is 1.87. The van der Waals surface area contributed by atoms with E-state index >= 15 is 0 Å². The number of ether oxygens (including phenoxy) is 2. The van der Waals surface area contributed by atoms with Crippen molar-refractivity contribution in [2.45, 2.75) is 24.9 Å². The minimum absolute atomic E-state index is 0.226. The van der Waals surface area contributed by atoms with Crippen LogP contribution in [0.5, 0.6) is 0 Å². The fraction of sp³-hybridized carbons (Fsp3) is 0.280. The van der Waals surface area contributed by atoms with Gasteiger partial charge in [-0.1, -0.05) is 91.0 Å². The standard InChI is InChI=1S/C25H28O2S/c1-3-26-24(27-4-2)20-28-25(21-14-8-5-9-15-21,22-16-10-6-11-17-22)23-18-12-7-13-19-23/h5-19,24H,3-4,20H2,1-2H3. The number of thioether (sulfide) groups is 1. The summed E-state index contributed by atoms with van der Waals surface area (Å²) in [6.07, 6.45) is -0.226. The minimum atomic E-state index is -0.337. The third-order valence-corrected chi connectivity index (χ3v) is 6.26. The molecule has 0 fully saturated rings. The quantitative estimate of drug-likeness (QED) is 0.306. The molecule has 0 saturated carbocycles. The first-order chi connectivity index (χ1) is 13.8. The van der Waals surface area contributed by atoms with E-state index in [0.717, 1.165) is 5.75 Å². The van der Waals surface area contributed by atoms with Gasteiger partial charge in [0.15, 0.2) is 6.29 Å². The van der Waals surface area contributed by atoms with Gasteiger partial charge in [0.05, 0.1) is 4.75 Å². The summed E-state index contributed by atoms with van der Waals surface area (Å²) in [5.74, 6) is 0.736. The number of rotatable bonds is 10. The first-order valence-corrected chi connectivity index (χ1v) is 10.8. The smallest absolute Gasteiger partial charge is 0.166 e. The van der Waals surface area contributed by atoms with Gasteiger partial charge in [-0.05, 0) is 30.5 Å². The molecule has 3 aromatic carbocycles. The Morgan fingerprint density at radius 2 is 1.00 bits per heavy atom. The second-order valence-corrected chi connectivity index (χ2v) is 7.66. The van der Waals surface area contributed by atoms with E-state index in [1.165, 1.54) is 16.7 Å². The Bertz CT molecular complexity index is 703. The van der Waals surface area contributed by atoms with Crippen molar-refractivity contribution < 1.29 is 9.47 Å². The zero-order chi connectivity index (χ0) is 19.7. The number of hydrogen-bond donors (Lipinski definition) is 0. The average Bonchev–Trinajstić information content (AvgIpc) is 2.77. The van der Waals surface area contributed by atoms with Crippen LogP contribution in [0.1, 0.15) is 30.5 Å². The van der Waals surface area contributed by atoms with Crippen molar-refractivity contribution in [3.8, 4) is 0 Å². The largest absolute Gasteiger partial charge is 0.352 e. The molecule has 3 rings (SSSR count). The normalized spacial score (nSPS) is 11.7. The van der Waals surface area contributed by atoms with Crippen LogP contribution < -0.4 is 0 Å². The lowest BCUT2D eigenvalue weighted by Gasteiger charge is -2.36. The first kappa shape index (κ1) is 20.7. The summed E-state index contributed by atoms with van der Waals surface area (Å²) in [5.41, 5.74) is 3.76. The zero-order valence-electron chi connectivity index (χ0n) is 16.6. The Kier molecular flexibility index (Phi) is 7.72. The molecule has 0 heterocycles. The van der Waals surface area contributed by atoms with Gasteiger partial charge in [-0.15, -0.1) is 11.8 Å². The van der Waals surface area contributed by atoms with Gasteiger partial charge in [-0.2, -0.15) is 0 Å². The van der Waals surface area contributed by atoms with Crippen LogP contribution in [0.15, 0.2) is 91.0 Å². The molecule has 3 aromatic rings. The van der Waals surface area contributed by atoms with E-state index in [9.17, 15) is 0 Å². The van der Waals surface area contributed by atoms with Crippen LogP contribution in [-0.4, -0.2) is 25.3 Å². The van der Waals surface area contributed by atoms with Gasteiger partial charge >= 0.3 is 0 Å². The Morgan fingerprint density at radius 3 is 1.32 bits per heavy atom. The SMILES string of the molecule is CCOC(CSC(c1ccccc1)(c1ccccc1)c1ccccc1)OCC. The lowest BCUT2D eigenvalue weighted by molar-refractivity contribution is -0.120. The van der Waals surface area contributed by atoms with Gasteiger partial charge in [0.25, 0.3) is 0 Å². The molecule has 0 spiro atoms. The van der Waals surface area contributed by atoms with Gasteiger partial charge in [0.2, 0.25) is 0 Å². The summed E-state index contributed by atoms with van der Waals surface area (Å²) in [6.45, 7) is 5.30. The molecule has 28 heavy (non-hydrogen) atoms. The molecule has 0 aromatic heterocycles. The van der Waals surface area contributed by atoms with Crippen molar-refractivity contribution in [3.63, 3.8) is 0 Å². The molecule has 0 bridgehead atoms. The van der Waals surface area contributed by atoms with Crippen LogP contribution >= 0.6 is 11.8 Å². The summed E-state index contributed by atoms with van der Waals surface area (Å²) in [4.78, 5) is 0. The van der Waals surface area contributed by atoms with Crippen LogP contribution in [0, 0.1) is 0 Å². The van der Waals surface area contributed by atoms with Crippen LogP contribution in [0.3, 0.4) is 0 Å². The summed E-state index contributed by atoms with van der Waals surface area (Å²) < 4.78 is 11.3. The molecule has 0 atom stereocenters. The monoisotopic (exact) mass is 392 g/mol. The van der Waals surface area contributed by atoms with Crippen molar-refractivity contribution in [1.29, 1.82) is 0 Å². The molecule has 2 nitrogen and oxygen atoms in total. The van der Waals surface area contributed by atoms with E-state index in [-0.39, 0.29) is 11.0 Å². The Morgan fingerprint density at radius 1 is 0.643 bits per heavy atom. The third kappa shape index (κ3) is 4.67. The average molecular weight is 393 g/mol. The lowest BCUT2D eigenvalue weighted by Crippen LogP contribution is -2.29. The second-order valence-electron chi connectivity index (χ2n) is 6.43. The molecule has 0 aliphatic rings. The highest BCUT2D eigenvalue weighted by Gasteiger charge is 2.37. The van der Waals surface area contributed by atoms with Crippen LogP contribution in [0.25, 0.3) is 0 Å². The van der Waals surface area contributed by atoms with Crippen LogP contribution in [0.2, 0.25) is 0 Å². The third-order valence-electron chi connectivity index (χ3n) is 4.68. The lowest BCUT2D eigenvalue weighted by atomic mass is 9.84. The topological polar surface area (TPSA) is 18.5 Å². The van der Waals surface area contributed by atoms with Crippen molar-refractivity contribution in [2.24, 2.45) is 0 Å². The molecular formula is C25H28O2S. The van der Waals surface area contributed by atoms with Crippen LogP contribution in [-0.2, 0) is 14.2 Å². The summed E-state index contributed by atoms with van der Waals surface area (Å²) in [6, 6.07) is 32.1. The molecule has 0 radical (unpaired) electrons. The summed E-state index contributed by atoms with van der Waals surface area (Å²) in [7, 11) is 0. The maximum Gasteiger partial charge on any atom is 0.166 e.